The Morgan fingerprint density at radius 3 is 2.50 bits per heavy atom. The fraction of sp³-hybridized carbons (Fsp3) is 0.250. The Kier molecular flexibility index (Phi) is 5.12. The van der Waals surface area contributed by atoms with Gasteiger partial charge >= 0.3 is 0 Å². The zero-order chi connectivity index (χ0) is 19.5. The molecule has 1 N–H and O–H groups in total. The number of fused-ring (bicyclic) bond motifs is 1. The van der Waals surface area contributed by atoms with Gasteiger partial charge in [-0.15, -0.1) is 0 Å². The van der Waals surface area contributed by atoms with Gasteiger partial charge in [-0.05, 0) is 36.4 Å². The van der Waals surface area contributed by atoms with Gasteiger partial charge in [0.05, 0.1) is 6.54 Å². The van der Waals surface area contributed by atoms with Crippen LogP contribution in [0.15, 0.2) is 48.8 Å². The van der Waals surface area contributed by atoms with Gasteiger partial charge in [0, 0.05) is 37.3 Å². The molecule has 1 aromatic heterocycles. The van der Waals surface area contributed by atoms with Gasteiger partial charge in [-0.2, -0.15) is 0 Å². The summed E-state index contributed by atoms with van der Waals surface area (Å²) in [6, 6.07) is 10.5. The predicted octanol–water partition coefficient (Wildman–Crippen LogP) is 2.67. The number of nitrogens with one attached hydrogen (secondary N) is 1. The number of carbonyl (C=O) groups is 1. The molecule has 3 aromatic rings. The molecule has 1 aliphatic heterocycles. The fourth-order valence-electron chi connectivity index (χ4n) is 3.34. The number of hydrogen-bond donors (Lipinski definition) is 1. The lowest BCUT2D eigenvalue weighted by Gasteiger charge is -2.35. The first-order valence-electron chi connectivity index (χ1n) is 9.02. The van der Waals surface area contributed by atoms with E-state index in [2.05, 4.69) is 20.2 Å². The minimum Gasteiger partial charge on any atom is -0.353 e. The fourth-order valence-corrected chi connectivity index (χ4v) is 3.34. The van der Waals surface area contributed by atoms with E-state index >= 15 is 0 Å². The molecular weight excluding hydrogens is 364 g/mol. The predicted molar refractivity (Wildman–Crippen MR) is 103 cm³/mol. The smallest absolute Gasteiger partial charge is 0.238 e. The van der Waals surface area contributed by atoms with E-state index in [-0.39, 0.29) is 24.1 Å². The van der Waals surface area contributed by atoms with Crippen LogP contribution in [0, 0.1) is 11.6 Å². The second-order valence-corrected chi connectivity index (χ2v) is 6.65. The normalized spacial score (nSPS) is 15.0. The molecule has 1 aliphatic rings. The number of halogens is 2. The molecule has 28 heavy (non-hydrogen) atoms. The second-order valence-electron chi connectivity index (χ2n) is 6.65. The molecule has 0 saturated carbocycles. The summed E-state index contributed by atoms with van der Waals surface area (Å²) in [7, 11) is 0. The van der Waals surface area contributed by atoms with Gasteiger partial charge in [0.25, 0.3) is 0 Å². The van der Waals surface area contributed by atoms with Gasteiger partial charge in [0.1, 0.15) is 29.3 Å². The van der Waals surface area contributed by atoms with Crippen molar-refractivity contribution in [2.75, 3.05) is 42.9 Å². The van der Waals surface area contributed by atoms with Crippen molar-refractivity contribution in [3.63, 3.8) is 0 Å². The lowest BCUT2D eigenvalue weighted by molar-refractivity contribution is -0.117. The van der Waals surface area contributed by atoms with Gasteiger partial charge in [0.15, 0.2) is 0 Å². The number of carbonyl (C=O) groups excluding carboxylic acids is 1. The van der Waals surface area contributed by atoms with E-state index in [1.165, 1.54) is 36.7 Å². The molecule has 0 atom stereocenters. The van der Waals surface area contributed by atoms with Gasteiger partial charge in [-0.1, -0.05) is 6.07 Å². The topological polar surface area (TPSA) is 61.4 Å². The van der Waals surface area contributed by atoms with Crippen molar-refractivity contribution < 1.29 is 13.6 Å². The van der Waals surface area contributed by atoms with Crippen LogP contribution in [0.3, 0.4) is 0 Å². The zero-order valence-corrected chi connectivity index (χ0v) is 15.1. The van der Waals surface area contributed by atoms with Crippen LogP contribution < -0.4 is 10.2 Å². The lowest BCUT2D eigenvalue weighted by Crippen LogP contribution is -2.49. The molecule has 2 heterocycles. The highest BCUT2D eigenvalue weighted by atomic mass is 19.1. The van der Waals surface area contributed by atoms with E-state index < -0.39 is 0 Å². The van der Waals surface area contributed by atoms with E-state index in [9.17, 15) is 13.6 Å². The van der Waals surface area contributed by atoms with Crippen LogP contribution in [0.4, 0.5) is 20.3 Å². The summed E-state index contributed by atoms with van der Waals surface area (Å²) in [5.74, 6) is -0.141. The summed E-state index contributed by atoms with van der Waals surface area (Å²) in [5.41, 5.74) is 0.883. The Morgan fingerprint density at radius 1 is 1.00 bits per heavy atom. The van der Waals surface area contributed by atoms with Crippen molar-refractivity contribution in [2.24, 2.45) is 0 Å². The van der Waals surface area contributed by atoms with Crippen LogP contribution in [-0.2, 0) is 4.79 Å². The van der Waals surface area contributed by atoms with Crippen LogP contribution in [0.25, 0.3) is 10.9 Å². The van der Waals surface area contributed by atoms with E-state index in [1.54, 1.807) is 6.07 Å². The van der Waals surface area contributed by atoms with Gasteiger partial charge in [-0.25, -0.2) is 18.7 Å². The van der Waals surface area contributed by atoms with Crippen molar-refractivity contribution in [2.45, 2.75) is 0 Å². The van der Waals surface area contributed by atoms with Crippen LogP contribution >= 0.6 is 0 Å². The third kappa shape index (κ3) is 3.91. The third-order valence-corrected chi connectivity index (χ3v) is 4.76. The highest BCUT2D eigenvalue weighted by Gasteiger charge is 2.22. The molecule has 6 nitrogen and oxygen atoms in total. The molecule has 0 unspecified atom stereocenters. The number of rotatable bonds is 4. The summed E-state index contributed by atoms with van der Waals surface area (Å²) in [6.45, 7) is 2.96. The summed E-state index contributed by atoms with van der Waals surface area (Å²) in [4.78, 5) is 24.7. The number of aromatic nitrogens is 2. The maximum Gasteiger partial charge on any atom is 0.238 e. The van der Waals surface area contributed by atoms with Crippen LogP contribution in [0.2, 0.25) is 0 Å². The standard InChI is InChI=1S/C20H19F2N5O/c21-14-4-6-15(7-5-14)25-18(28)12-26-8-10-27(11-9-26)20-16-2-1-3-17(22)19(16)23-13-24-20/h1-7,13H,8-12H2,(H,25,28). The molecule has 2 aromatic carbocycles. The summed E-state index contributed by atoms with van der Waals surface area (Å²) >= 11 is 0. The quantitative estimate of drug-likeness (QED) is 0.751. The summed E-state index contributed by atoms with van der Waals surface area (Å²) in [6.07, 6.45) is 1.38. The Balaban J connectivity index is 1.37. The first-order chi connectivity index (χ1) is 13.6. The van der Waals surface area contributed by atoms with Crippen LogP contribution in [0.1, 0.15) is 0 Å². The second kappa shape index (κ2) is 7.85. The van der Waals surface area contributed by atoms with Crippen LogP contribution in [-0.4, -0.2) is 53.5 Å². The molecule has 0 radical (unpaired) electrons. The van der Waals surface area contributed by atoms with Crippen molar-refractivity contribution in [3.8, 4) is 0 Å². The number of anilines is 2. The Morgan fingerprint density at radius 2 is 1.75 bits per heavy atom. The molecule has 8 heteroatoms. The number of hydrogen-bond acceptors (Lipinski definition) is 5. The Labute approximate surface area is 160 Å². The number of nitrogens with zero attached hydrogens (tertiary/aromatic N) is 4. The third-order valence-electron chi connectivity index (χ3n) is 4.76. The minimum absolute atomic E-state index is 0.144. The lowest BCUT2D eigenvalue weighted by atomic mass is 10.2. The molecule has 0 aliphatic carbocycles. The zero-order valence-electron chi connectivity index (χ0n) is 15.1. The summed E-state index contributed by atoms with van der Waals surface area (Å²) in [5, 5.41) is 3.45. The van der Waals surface area contributed by atoms with Crippen molar-refractivity contribution in [1.29, 1.82) is 0 Å². The van der Waals surface area contributed by atoms with Crippen molar-refractivity contribution in [1.82, 2.24) is 14.9 Å². The molecule has 144 valence electrons. The molecule has 1 fully saturated rings. The van der Waals surface area contributed by atoms with E-state index in [1.807, 2.05) is 11.0 Å². The molecule has 4 rings (SSSR count). The minimum atomic E-state index is -0.364. The average molecular weight is 383 g/mol. The average Bonchev–Trinajstić information content (AvgIpc) is 2.70. The monoisotopic (exact) mass is 383 g/mol. The van der Waals surface area contributed by atoms with Gasteiger partial charge in [-0.3, -0.25) is 9.69 Å². The Bertz CT molecular complexity index is 988. The summed E-state index contributed by atoms with van der Waals surface area (Å²) < 4.78 is 26.9. The van der Waals surface area contributed by atoms with Crippen molar-refractivity contribution >= 4 is 28.3 Å². The van der Waals surface area contributed by atoms with Crippen LogP contribution in [0.5, 0.6) is 0 Å². The number of benzene rings is 2. The first kappa shape index (κ1) is 18.2. The maximum absolute atomic E-state index is 14.0. The highest BCUT2D eigenvalue weighted by molar-refractivity contribution is 5.92. The SMILES string of the molecule is O=C(CN1CCN(c2ncnc3c(F)cccc23)CC1)Nc1ccc(F)cc1. The Hall–Kier alpha value is -3.13. The molecular formula is C20H19F2N5O. The highest BCUT2D eigenvalue weighted by Crippen LogP contribution is 2.25. The molecule has 1 saturated heterocycles. The van der Waals surface area contributed by atoms with Gasteiger partial charge in [0.2, 0.25) is 5.91 Å². The molecule has 0 spiro atoms. The molecule has 1 amide bonds. The first-order valence-corrected chi connectivity index (χ1v) is 9.02. The van der Waals surface area contributed by atoms with Crippen molar-refractivity contribution in [3.05, 3.63) is 60.4 Å². The van der Waals surface area contributed by atoms with E-state index in [4.69, 9.17) is 0 Å². The number of para-hydroxylation sites is 1. The number of amides is 1. The van der Waals surface area contributed by atoms with E-state index in [0.29, 0.717) is 48.6 Å². The largest absolute Gasteiger partial charge is 0.353 e. The maximum atomic E-state index is 14.0. The number of piperazine rings is 1. The van der Waals surface area contributed by atoms with E-state index in [0.717, 1.165) is 0 Å². The van der Waals surface area contributed by atoms with Gasteiger partial charge < -0.3 is 10.2 Å². The molecule has 0 bridgehead atoms.